The van der Waals surface area contributed by atoms with Crippen LogP contribution in [0.15, 0.2) is 63.9 Å². The minimum Gasteiger partial charge on any atom is -0.495 e. The van der Waals surface area contributed by atoms with Crippen molar-refractivity contribution in [1.29, 1.82) is 0 Å². The lowest BCUT2D eigenvalue weighted by Crippen LogP contribution is -2.26. The highest BCUT2D eigenvalue weighted by atomic mass is 32.2. The number of benzene rings is 2. The predicted molar refractivity (Wildman–Crippen MR) is 119 cm³/mol. The monoisotopic (exact) mass is 442 g/mol. The number of hydrogen-bond donors (Lipinski definition) is 1. The van der Waals surface area contributed by atoms with Crippen molar-refractivity contribution in [2.75, 3.05) is 18.9 Å². The second-order valence-corrected chi connectivity index (χ2v) is 8.85. The average Bonchev–Trinajstić information content (AvgIpc) is 3.17. The molecule has 2 aromatic carbocycles. The van der Waals surface area contributed by atoms with Crippen LogP contribution in [0.5, 0.6) is 5.75 Å². The predicted octanol–water partition coefficient (Wildman–Crippen LogP) is 4.23. The van der Waals surface area contributed by atoms with E-state index >= 15 is 0 Å². The maximum absolute atomic E-state index is 13.0. The SMILES string of the molecule is CCc1ccc(NS(=O)(=O)c2cc(C(=O)N(C)Cc3ccc(C)o3)ccc2OC)cc1. The third kappa shape index (κ3) is 5.27. The van der Waals surface area contributed by atoms with Crippen LogP contribution in [-0.2, 0) is 23.0 Å². The maximum Gasteiger partial charge on any atom is 0.265 e. The molecule has 0 saturated carbocycles. The molecule has 0 aliphatic heterocycles. The molecular weight excluding hydrogens is 416 g/mol. The van der Waals surface area contributed by atoms with Gasteiger partial charge in [0, 0.05) is 18.3 Å². The van der Waals surface area contributed by atoms with Crippen LogP contribution in [0.1, 0.15) is 34.4 Å². The number of methoxy groups -OCH3 is 1. The van der Waals surface area contributed by atoms with Crippen molar-refractivity contribution in [2.45, 2.75) is 31.7 Å². The van der Waals surface area contributed by atoms with Gasteiger partial charge < -0.3 is 14.1 Å². The average molecular weight is 443 g/mol. The van der Waals surface area contributed by atoms with Crippen LogP contribution in [0.3, 0.4) is 0 Å². The Kier molecular flexibility index (Phi) is 6.70. The number of hydrogen-bond acceptors (Lipinski definition) is 5. The number of furan rings is 1. The molecule has 7 nitrogen and oxygen atoms in total. The van der Waals surface area contributed by atoms with E-state index in [9.17, 15) is 13.2 Å². The van der Waals surface area contributed by atoms with Crippen LogP contribution in [0.2, 0.25) is 0 Å². The largest absolute Gasteiger partial charge is 0.495 e. The number of carbonyl (C=O) groups excluding carboxylic acids is 1. The molecule has 0 fully saturated rings. The number of sulfonamides is 1. The summed E-state index contributed by atoms with van der Waals surface area (Å²) in [5.74, 6) is 1.22. The maximum atomic E-state index is 13.0. The van der Waals surface area contributed by atoms with E-state index in [0.717, 1.165) is 17.7 Å². The van der Waals surface area contributed by atoms with Gasteiger partial charge in [0.25, 0.3) is 15.9 Å². The van der Waals surface area contributed by atoms with E-state index in [-0.39, 0.29) is 28.7 Å². The fourth-order valence-corrected chi connectivity index (χ4v) is 4.39. The molecule has 8 heteroatoms. The van der Waals surface area contributed by atoms with Gasteiger partial charge in [-0.2, -0.15) is 0 Å². The number of nitrogens with zero attached hydrogens (tertiary/aromatic N) is 1. The van der Waals surface area contributed by atoms with Gasteiger partial charge in [-0.25, -0.2) is 8.42 Å². The van der Waals surface area contributed by atoms with E-state index < -0.39 is 10.0 Å². The molecule has 1 heterocycles. The summed E-state index contributed by atoms with van der Waals surface area (Å²) in [5.41, 5.74) is 1.76. The van der Waals surface area contributed by atoms with E-state index in [1.807, 2.05) is 32.0 Å². The minimum absolute atomic E-state index is 0.109. The third-order valence-corrected chi connectivity index (χ3v) is 6.25. The first-order chi connectivity index (χ1) is 14.7. The Morgan fingerprint density at radius 1 is 1.10 bits per heavy atom. The lowest BCUT2D eigenvalue weighted by Gasteiger charge is -2.18. The number of anilines is 1. The van der Waals surface area contributed by atoms with Gasteiger partial charge in [0.2, 0.25) is 0 Å². The number of rotatable bonds is 8. The molecule has 0 bridgehead atoms. The third-order valence-electron chi connectivity index (χ3n) is 4.85. The first-order valence-corrected chi connectivity index (χ1v) is 11.3. The van der Waals surface area contributed by atoms with Crippen LogP contribution in [-0.4, -0.2) is 33.4 Å². The fourth-order valence-electron chi connectivity index (χ4n) is 3.13. The van der Waals surface area contributed by atoms with Crippen molar-refractivity contribution in [3.05, 3.63) is 77.2 Å². The standard InChI is InChI=1S/C23H26N2O5S/c1-5-17-7-10-19(11-8-17)24-31(27,28)22-14-18(9-13-21(22)29-4)23(26)25(3)15-20-12-6-16(2)30-20/h6-14,24H,5,15H2,1-4H3. The number of carbonyl (C=O) groups is 1. The molecule has 0 atom stereocenters. The van der Waals surface area contributed by atoms with Crippen LogP contribution < -0.4 is 9.46 Å². The Morgan fingerprint density at radius 3 is 2.39 bits per heavy atom. The quantitative estimate of drug-likeness (QED) is 0.564. The molecule has 1 aromatic heterocycles. The van der Waals surface area contributed by atoms with Gasteiger partial charge in [0.05, 0.1) is 13.7 Å². The van der Waals surface area contributed by atoms with Gasteiger partial charge in [-0.1, -0.05) is 19.1 Å². The summed E-state index contributed by atoms with van der Waals surface area (Å²) in [6, 6.07) is 15.1. The highest BCUT2D eigenvalue weighted by molar-refractivity contribution is 7.92. The van der Waals surface area contributed by atoms with Gasteiger partial charge in [-0.05, 0) is 61.4 Å². The van der Waals surface area contributed by atoms with Crippen molar-refractivity contribution in [3.63, 3.8) is 0 Å². The van der Waals surface area contributed by atoms with Crippen LogP contribution in [0.25, 0.3) is 0 Å². The summed E-state index contributed by atoms with van der Waals surface area (Å²) in [5, 5.41) is 0. The molecule has 1 N–H and O–H groups in total. The molecule has 1 amide bonds. The Labute approximate surface area is 182 Å². The zero-order chi connectivity index (χ0) is 22.6. The van der Waals surface area contributed by atoms with Crippen molar-refractivity contribution in [2.24, 2.45) is 0 Å². The Bertz CT molecular complexity index is 1170. The fraction of sp³-hybridized carbons (Fsp3) is 0.261. The Morgan fingerprint density at radius 2 is 1.81 bits per heavy atom. The minimum atomic E-state index is -3.98. The molecule has 0 saturated heterocycles. The van der Waals surface area contributed by atoms with Crippen molar-refractivity contribution in [1.82, 2.24) is 4.90 Å². The summed E-state index contributed by atoms with van der Waals surface area (Å²) in [4.78, 5) is 14.2. The van der Waals surface area contributed by atoms with Crippen molar-refractivity contribution >= 4 is 21.6 Å². The van der Waals surface area contributed by atoms with Crippen molar-refractivity contribution in [3.8, 4) is 5.75 Å². The second kappa shape index (κ2) is 9.26. The Balaban J connectivity index is 1.87. The van der Waals surface area contributed by atoms with Crippen LogP contribution in [0.4, 0.5) is 5.69 Å². The smallest absolute Gasteiger partial charge is 0.265 e. The van der Waals surface area contributed by atoms with Gasteiger partial charge in [-0.15, -0.1) is 0 Å². The second-order valence-electron chi connectivity index (χ2n) is 7.20. The lowest BCUT2D eigenvalue weighted by atomic mass is 10.2. The van der Waals surface area contributed by atoms with Gasteiger partial charge >= 0.3 is 0 Å². The summed E-state index contributed by atoms with van der Waals surface area (Å²) in [6.45, 7) is 4.12. The molecule has 3 aromatic rings. The molecule has 31 heavy (non-hydrogen) atoms. The zero-order valence-corrected chi connectivity index (χ0v) is 18.8. The van der Waals surface area contributed by atoms with Crippen LogP contribution in [0, 0.1) is 6.92 Å². The van der Waals surface area contributed by atoms with Gasteiger partial charge in [0.15, 0.2) is 0 Å². The topological polar surface area (TPSA) is 88.9 Å². The van der Waals surface area contributed by atoms with E-state index in [1.165, 1.54) is 24.1 Å². The zero-order valence-electron chi connectivity index (χ0n) is 18.0. The highest BCUT2D eigenvalue weighted by Crippen LogP contribution is 2.28. The number of nitrogens with one attached hydrogen (secondary N) is 1. The van der Waals surface area contributed by atoms with E-state index in [0.29, 0.717) is 11.4 Å². The normalized spacial score (nSPS) is 11.2. The summed E-state index contributed by atoms with van der Waals surface area (Å²) in [6.07, 6.45) is 0.857. The van der Waals surface area contributed by atoms with Crippen molar-refractivity contribution < 1.29 is 22.4 Å². The highest BCUT2D eigenvalue weighted by Gasteiger charge is 2.23. The van der Waals surface area contributed by atoms with Gasteiger partial charge in [-0.3, -0.25) is 9.52 Å². The number of amides is 1. The first-order valence-electron chi connectivity index (χ1n) is 9.84. The summed E-state index contributed by atoms with van der Waals surface area (Å²) < 4.78 is 39.4. The first kappa shape index (κ1) is 22.4. The molecule has 0 unspecified atom stereocenters. The summed E-state index contributed by atoms with van der Waals surface area (Å²) >= 11 is 0. The van der Waals surface area contributed by atoms with E-state index in [4.69, 9.17) is 9.15 Å². The van der Waals surface area contributed by atoms with Crippen LogP contribution >= 0.6 is 0 Å². The summed E-state index contributed by atoms with van der Waals surface area (Å²) in [7, 11) is -0.960. The molecule has 0 spiro atoms. The molecule has 0 radical (unpaired) electrons. The van der Waals surface area contributed by atoms with E-state index in [2.05, 4.69) is 4.72 Å². The molecule has 0 aliphatic carbocycles. The molecule has 164 valence electrons. The number of aryl methyl sites for hydroxylation is 2. The van der Waals surface area contributed by atoms with Gasteiger partial charge in [0.1, 0.15) is 22.2 Å². The number of ether oxygens (including phenoxy) is 1. The lowest BCUT2D eigenvalue weighted by molar-refractivity contribution is 0.0774. The molecule has 3 rings (SSSR count). The molecule has 0 aliphatic rings. The molecular formula is C23H26N2O5S. The Hall–Kier alpha value is -3.26. The van der Waals surface area contributed by atoms with E-state index in [1.54, 1.807) is 31.3 Å².